The van der Waals surface area contributed by atoms with E-state index in [9.17, 15) is 4.79 Å². The van der Waals surface area contributed by atoms with Gasteiger partial charge in [0, 0.05) is 24.3 Å². The molecule has 5 nitrogen and oxygen atoms in total. The minimum absolute atomic E-state index is 0.0199. The van der Waals surface area contributed by atoms with Crippen LogP contribution in [0.5, 0.6) is 11.5 Å². The summed E-state index contributed by atoms with van der Waals surface area (Å²) in [6.45, 7) is 7.18. The van der Waals surface area contributed by atoms with E-state index < -0.39 is 0 Å². The number of carbonyl (C=O) groups is 1. The van der Waals surface area contributed by atoms with E-state index in [1.807, 2.05) is 55.5 Å². The average Bonchev–Trinajstić information content (AvgIpc) is 2.65. The van der Waals surface area contributed by atoms with Gasteiger partial charge in [0.25, 0.3) is 5.91 Å². The molecule has 0 saturated heterocycles. The first-order valence-electron chi connectivity index (χ1n) is 8.28. The summed E-state index contributed by atoms with van der Waals surface area (Å²) in [7, 11) is 0. The van der Waals surface area contributed by atoms with Crippen LogP contribution in [0.3, 0.4) is 0 Å². The summed E-state index contributed by atoms with van der Waals surface area (Å²) >= 11 is 0. The zero-order valence-corrected chi connectivity index (χ0v) is 14.5. The largest absolute Gasteiger partial charge is 0.494 e. The predicted octanol–water partition coefficient (Wildman–Crippen LogP) is 3.38. The fourth-order valence-corrected chi connectivity index (χ4v) is 2.20. The van der Waals surface area contributed by atoms with E-state index in [4.69, 9.17) is 9.47 Å². The van der Waals surface area contributed by atoms with E-state index in [-0.39, 0.29) is 12.5 Å². The molecule has 2 N–H and O–H groups in total. The second kappa shape index (κ2) is 10.0. The molecule has 2 aromatic carbocycles. The first-order valence-corrected chi connectivity index (χ1v) is 8.28. The van der Waals surface area contributed by atoms with Gasteiger partial charge in [-0.1, -0.05) is 24.3 Å². The number of para-hydroxylation sites is 1. The first-order chi connectivity index (χ1) is 12.2. The summed E-state index contributed by atoms with van der Waals surface area (Å²) in [4.78, 5) is 11.6. The van der Waals surface area contributed by atoms with E-state index in [1.165, 1.54) is 0 Å². The lowest BCUT2D eigenvalue weighted by Crippen LogP contribution is -2.29. The SMILES string of the molecule is C=CCNC(=O)COc1ccccc1CNc1ccc(OCC)cc1. The molecule has 0 atom stereocenters. The maximum atomic E-state index is 11.6. The molecular weight excluding hydrogens is 316 g/mol. The monoisotopic (exact) mass is 340 g/mol. The van der Waals surface area contributed by atoms with Crippen LogP contribution >= 0.6 is 0 Å². The van der Waals surface area contributed by atoms with Crippen LogP contribution in [0.25, 0.3) is 0 Å². The zero-order chi connectivity index (χ0) is 17.9. The highest BCUT2D eigenvalue weighted by molar-refractivity contribution is 5.77. The van der Waals surface area contributed by atoms with Crippen LogP contribution in [0.4, 0.5) is 5.69 Å². The molecule has 0 fully saturated rings. The molecule has 0 aliphatic carbocycles. The minimum atomic E-state index is -0.172. The van der Waals surface area contributed by atoms with Crippen LogP contribution < -0.4 is 20.1 Å². The van der Waals surface area contributed by atoms with Crippen LogP contribution in [0.1, 0.15) is 12.5 Å². The van der Waals surface area contributed by atoms with Crippen LogP contribution in [-0.2, 0) is 11.3 Å². The Hall–Kier alpha value is -2.95. The van der Waals surface area contributed by atoms with Gasteiger partial charge in [0.15, 0.2) is 6.61 Å². The number of carbonyl (C=O) groups excluding carboxylic acids is 1. The Bertz CT molecular complexity index is 684. The lowest BCUT2D eigenvalue weighted by molar-refractivity contribution is -0.122. The molecule has 0 saturated carbocycles. The van der Waals surface area contributed by atoms with E-state index in [1.54, 1.807) is 6.08 Å². The molecule has 2 rings (SSSR count). The van der Waals surface area contributed by atoms with Gasteiger partial charge >= 0.3 is 0 Å². The van der Waals surface area contributed by atoms with Crippen LogP contribution in [0.15, 0.2) is 61.2 Å². The van der Waals surface area contributed by atoms with Crippen molar-refractivity contribution in [1.29, 1.82) is 0 Å². The summed E-state index contributed by atoms with van der Waals surface area (Å²) in [6.07, 6.45) is 1.63. The normalized spacial score (nSPS) is 9.96. The minimum Gasteiger partial charge on any atom is -0.494 e. The number of benzene rings is 2. The summed E-state index contributed by atoms with van der Waals surface area (Å²) in [5, 5.41) is 6.03. The Labute approximate surface area is 148 Å². The van der Waals surface area contributed by atoms with Crippen molar-refractivity contribution in [3.63, 3.8) is 0 Å². The highest BCUT2D eigenvalue weighted by Crippen LogP contribution is 2.21. The molecule has 0 aromatic heterocycles. The summed E-state index contributed by atoms with van der Waals surface area (Å²) in [5.74, 6) is 1.37. The van der Waals surface area contributed by atoms with Gasteiger partial charge in [0.05, 0.1) is 6.61 Å². The van der Waals surface area contributed by atoms with E-state index in [2.05, 4.69) is 17.2 Å². The second-order valence-electron chi connectivity index (χ2n) is 5.30. The van der Waals surface area contributed by atoms with Crippen LogP contribution in [0.2, 0.25) is 0 Å². The molecule has 0 bridgehead atoms. The molecule has 0 radical (unpaired) electrons. The smallest absolute Gasteiger partial charge is 0.258 e. The fraction of sp³-hybridized carbons (Fsp3) is 0.250. The molecule has 0 aliphatic rings. The Morgan fingerprint density at radius 3 is 2.60 bits per heavy atom. The first kappa shape index (κ1) is 18.4. The lowest BCUT2D eigenvalue weighted by atomic mass is 10.2. The fourth-order valence-electron chi connectivity index (χ4n) is 2.20. The van der Waals surface area contributed by atoms with Gasteiger partial charge in [-0.3, -0.25) is 4.79 Å². The molecule has 0 spiro atoms. The molecule has 5 heteroatoms. The van der Waals surface area contributed by atoms with Crippen LogP contribution in [0, 0.1) is 0 Å². The van der Waals surface area contributed by atoms with Gasteiger partial charge in [-0.25, -0.2) is 0 Å². The van der Waals surface area contributed by atoms with Gasteiger partial charge in [0.1, 0.15) is 11.5 Å². The van der Waals surface area contributed by atoms with Crippen molar-refractivity contribution in [2.75, 3.05) is 25.1 Å². The van der Waals surface area contributed by atoms with Gasteiger partial charge in [-0.15, -0.1) is 6.58 Å². The maximum Gasteiger partial charge on any atom is 0.258 e. The maximum absolute atomic E-state index is 11.6. The van der Waals surface area contributed by atoms with Crippen LogP contribution in [-0.4, -0.2) is 25.7 Å². The third kappa shape index (κ3) is 6.22. The van der Waals surface area contributed by atoms with Crippen molar-refractivity contribution in [3.05, 3.63) is 66.7 Å². The van der Waals surface area contributed by atoms with Crippen molar-refractivity contribution in [1.82, 2.24) is 5.32 Å². The van der Waals surface area contributed by atoms with Crippen molar-refractivity contribution < 1.29 is 14.3 Å². The third-order valence-corrected chi connectivity index (χ3v) is 3.42. The Morgan fingerprint density at radius 1 is 1.12 bits per heavy atom. The summed E-state index contributed by atoms with van der Waals surface area (Å²) < 4.78 is 11.1. The zero-order valence-electron chi connectivity index (χ0n) is 14.5. The standard InChI is InChI=1S/C20H24N2O3/c1-3-13-21-20(23)15-25-19-8-6-5-7-16(19)14-22-17-9-11-18(12-10-17)24-4-2/h3,5-12,22H,1,4,13-15H2,2H3,(H,21,23). The van der Waals surface area contributed by atoms with Gasteiger partial charge in [0.2, 0.25) is 0 Å². The molecule has 0 heterocycles. The van der Waals surface area contributed by atoms with Gasteiger partial charge in [-0.05, 0) is 37.3 Å². The number of ether oxygens (including phenoxy) is 2. The second-order valence-corrected chi connectivity index (χ2v) is 5.30. The number of hydrogen-bond acceptors (Lipinski definition) is 4. The number of nitrogens with one attached hydrogen (secondary N) is 2. The molecule has 25 heavy (non-hydrogen) atoms. The highest BCUT2D eigenvalue weighted by Gasteiger charge is 2.06. The van der Waals surface area contributed by atoms with Crippen molar-refractivity contribution in [2.45, 2.75) is 13.5 Å². The summed E-state index contributed by atoms with van der Waals surface area (Å²) in [6, 6.07) is 15.5. The molecule has 0 aliphatic heterocycles. The van der Waals surface area contributed by atoms with E-state index in [0.29, 0.717) is 25.4 Å². The number of rotatable bonds is 10. The lowest BCUT2D eigenvalue weighted by Gasteiger charge is -2.13. The third-order valence-electron chi connectivity index (χ3n) is 3.42. The number of hydrogen-bond donors (Lipinski definition) is 2. The molecule has 2 aromatic rings. The topological polar surface area (TPSA) is 59.6 Å². The van der Waals surface area contributed by atoms with E-state index >= 15 is 0 Å². The average molecular weight is 340 g/mol. The Morgan fingerprint density at radius 2 is 1.88 bits per heavy atom. The predicted molar refractivity (Wildman–Crippen MR) is 100 cm³/mol. The van der Waals surface area contributed by atoms with Gasteiger partial charge in [-0.2, -0.15) is 0 Å². The van der Waals surface area contributed by atoms with Gasteiger partial charge < -0.3 is 20.1 Å². The Kier molecular flexibility index (Phi) is 7.38. The molecule has 132 valence electrons. The molecule has 1 amide bonds. The highest BCUT2D eigenvalue weighted by atomic mass is 16.5. The summed E-state index contributed by atoms with van der Waals surface area (Å²) in [5.41, 5.74) is 1.97. The Balaban J connectivity index is 1.91. The van der Waals surface area contributed by atoms with Crippen molar-refractivity contribution in [2.24, 2.45) is 0 Å². The molecule has 0 unspecified atom stereocenters. The number of amides is 1. The van der Waals surface area contributed by atoms with Crippen molar-refractivity contribution >= 4 is 11.6 Å². The quantitative estimate of drug-likeness (QED) is 0.651. The van der Waals surface area contributed by atoms with E-state index in [0.717, 1.165) is 17.0 Å². The van der Waals surface area contributed by atoms with Crippen molar-refractivity contribution in [3.8, 4) is 11.5 Å². The molecular formula is C20H24N2O3. The number of anilines is 1.